The number of fused-ring (bicyclic) bond motifs is 1. The molecule has 130 valence electrons. The van der Waals surface area contributed by atoms with E-state index in [0.29, 0.717) is 18.8 Å². The van der Waals surface area contributed by atoms with Gasteiger partial charge in [0.25, 0.3) is 0 Å². The number of aryl methyl sites for hydroxylation is 1. The smallest absolute Gasteiger partial charge is 0.228 e. The van der Waals surface area contributed by atoms with Gasteiger partial charge in [-0.3, -0.25) is 9.69 Å². The average molecular weight is 340 g/mol. The van der Waals surface area contributed by atoms with E-state index in [2.05, 4.69) is 15.2 Å². The van der Waals surface area contributed by atoms with Crippen LogP contribution in [0.5, 0.6) is 0 Å². The molecule has 0 bridgehead atoms. The first-order valence-electron chi connectivity index (χ1n) is 8.44. The van der Waals surface area contributed by atoms with Crippen LogP contribution in [0.25, 0.3) is 11.0 Å². The fourth-order valence-electron chi connectivity index (χ4n) is 3.20. The molecule has 4 rings (SSSR count). The number of hydrogen-bond donors (Lipinski definition) is 0. The zero-order chi connectivity index (χ0) is 17.2. The Morgan fingerprint density at radius 2 is 1.92 bits per heavy atom. The van der Waals surface area contributed by atoms with E-state index < -0.39 is 0 Å². The van der Waals surface area contributed by atoms with Crippen molar-refractivity contribution in [2.45, 2.75) is 19.9 Å². The first-order valence-corrected chi connectivity index (χ1v) is 8.44. The molecule has 1 saturated heterocycles. The van der Waals surface area contributed by atoms with E-state index in [1.54, 1.807) is 0 Å². The molecule has 0 spiro atoms. The molecule has 1 aromatic carbocycles. The van der Waals surface area contributed by atoms with Crippen molar-refractivity contribution in [1.29, 1.82) is 0 Å². The highest BCUT2D eigenvalue weighted by Gasteiger charge is 2.23. The molecule has 3 heterocycles. The van der Waals surface area contributed by atoms with Crippen molar-refractivity contribution in [2.24, 2.45) is 0 Å². The minimum atomic E-state index is 0.0935. The van der Waals surface area contributed by atoms with E-state index in [4.69, 9.17) is 9.05 Å². The Balaban J connectivity index is 1.33. The molecule has 0 unspecified atom stereocenters. The highest BCUT2D eigenvalue weighted by Crippen LogP contribution is 2.19. The topological polar surface area (TPSA) is 75.6 Å². The summed E-state index contributed by atoms with van der Waals surface area (Å²) in [7, 11) is 0. The Labute approximate surface area is 145 Å². The summed E-state index contributed by atoms with van der Waals surface area (Å²) in [6, 6.07) is 9.58. The van der Waals surface area contributed by atoms with Crippen LogP contribution in [0.1, 0.15) is 17.1 Å². The van der Waals surface area contributed by atoms with Crippen molar-refractivity contribution >= 4 is 16.9 Å². The number of hydrogen-bond acceptors (Lipinski definition) is 6. The number of carbonyl (C=O) groups excluding carboxylic acids is 1. The lowest BCUT2D eigenvalue weighted by Gasteiger charge is -2.34. The highest BCUT2D eigenvalue weighted by molar-refractivity contribution is 5.86. The summed E-state index contributed by atoms with van der Waals surface area (Å²) >= 11 is 0. The van der Waals surface area contributed by atoms with Gasteiger partial charge in [0.05, 0.1) is 12.1 Å². The van der Waals surface area contributed by atoms with Crippen LogP contribution in [-0.2, 0) is 17.8 Å². The normalized spacial score (nSPS) is 15.8. The van der Waals surface area contributed by atoms with Crippen LogP contribution < -0.4 is 0 Å². The molecule has 0 radical (unpaired) electrons. The maximum atomic E-state index is 12.6. The second-order valence-electron chi connectivity index (χ2n) is 6.39. The maximum absolute atomic E-state index is 12.6. The molecule has 1 aliphatic heterocycles. The minimum absolute atomic E-state index is 0.0935. The van der Waals surface area contributed by atoms with Gasteiger partial charge in [-0.15, -0.1) is 0 Å². The molecular weight excluding hydrogens is 320 g/mol. The van der Waals surface area contributed by atoms with Crippen LogP contribution in [0.2, 0.25) is 0 Å². The molecule has 0 atom stereocenters. The summed E-state index contributed by atoms with van der Waals surface area (Å²) in [4.78, 5) is 16.8. The third-order valence-electron chi connectivity index (χ3n) is 4.56. The number of amides is 1. The Morgan fingerprint density at radius 1 is 1.12 bits per heavy atom. The van der Waals surface area contributed by atoms with Crippen LogP contribution in [-0.4, -0.2) is 52.2 Å². The van der Waals surface area contributed by atoms with Crippen LogP contribution in [0.15, 0.2) is 39.4 Å². The number of aromatic nitrogens is 2. The minimum Gasteiger partial charge on any atom is -0.361 e. The Bertz CT molecular complexity index is 877. The van der Waals surface area contributed by atoms with Gasteiger partial charge in [0.2, 0.25) is 5.91 Å². The average Bonchev–Trinajstić information content (AvgIpc) is 3.22. The molecule has 2 aromatic heterocycles. The molecule has 3 aromatic rings. The first-order chi connectivity index (χ1) is 12.2. The molecule has 0 N–H and O–H groups in total. The number of para-hydroxylation sites is 1. The van der Waals surface area contributed by atoms with Crippen LogP contribution in [0.3, 0.4) is 0 Å². The number of nitrogens with zero attached hydrogens (tertiary/aromatic N) is 4. The fourth-order valence-corrected chi connectivity index (χ4v) is 3.20. The predicted molar refractivity (Wildman–Crippen MR) is 90.8 cm³/mol. The Morgan fingerprint density at radius 3 is 2.68 bits per heavy atom. The van der Waals surface area contributed by atoms with E-state index in [1.807, 2.05) is 42.2 Å². The van der Waals surface area contributed by atoms with E-state index >= 15 is 0 Å². The maximum Gasteiger partial charge on any atom is 0.228 e. The lowest BCUT2D eigenvalue weighted by Crippen LogP contribution is -2.48. The fraction of sp³-hybridized carbons (Fsp3) is 0.389. The molecular formula is C18H20N4O3. The van der Waals surface area contributed by atoms with Gasteiger partial charge in [-0.25, -0.2) is 0 Å². The van der Waals surface area contributed by atoms with Crippen molar-refractivity contribution in [3.8, 4) is 0 Å². The molecule has 0 saturated carbocycles. The van der Waals surface area contributed by atoms with Gasteiger partial charge in [-0.1, -0.05) is 22.4 Å². The summed E-state index contributed by atoms with van der Waals surface area (Å²) in [6.07, 6.45) is 0.277. The van der Waals surface area contributed by atoms with Gasteiger partial charge in [0.1, 0.15) is 11.5 Å². The lowest BCUT2D eigenvalue weighted by atomic mass is 10.1. The summed E-state index contributed by atoms with van der Waals surface area (Å²) in [5, 5.41) is 8.99. The zero-order valence-electron chi connectivity index (χ0n) is 14.1. The molecule has 7 heteroatoms. The number of piperazine rings is 1. The van der Waals surface area contributed by atoms with Gasteiger partial charge < -0.3 is 13.9 Å². The van der Waals surface area contributed by atoms with Gasteiger partial charge in [0.15, 0.2) is 5.58 Å². The number of benzene rings is 1. The quantitative estimate of drug-likeness (QED) is 0.723. The standard InChI is InChI=1S/C18H20N4O3/c1-13-10-14(19-24-13)12-21-6-8-22(9-7-21)18(23)11-16-15-4-2-3-5-17(15)25-20-16/h2-5,10H,6-9,11-12H2,1H3. The van der Waals surface area contributed by atoms with Crippen molar-refractivity contribution in [2.75, 3.05) is 26.2 Å². The third kappa shape index (κ3) is 3.41. The van der Waals surface area contributed by atoms with Gasteiger partial charge >= 0.3 is 0 Å². The molecule has 1 aliphatic rings. The summed E-state index contributed by atoms with van der Waals surface area (Å²) < 4.78 is 10.4. The summed E-state index contributed by atoms with van der Waals surface area (Å²) in [5.74, 6) is 0.916. The summed E-state index contributed by atoms with van der Waals surface area (Å²) in [5.41, 5.74) is 2.37. The van der Waals surface area contributed by atoms with Crippen molar-refractivity contribution in [3.05, 3.63) is 47.5 Å². The number of rotatable bonds is 4. The monoisotopic (exact) mass is 340 g/mol. The van der Waals surface area contributed by atoms with Gasteiger partial charge in [-0.2, -0.15) is 0 Å². The van der Waals surface area contributed by atoms with E-state index in [-0.39, 0.29) is 12.3 Å². The molecule has 25 heavy (non-hydrogen) atoms. The summed E-state index contributed by atoms with van der Waals surface area (Å²) in [6.45, 7) is 5.74. The van der Waals surface area contributed by atoms with Crippen molar-refractivity contribution in [1.82, 2.24) is 20.1 Å². The molecule has 1 amide bonds. The first kappa shape index (κ1) is 15.8. The van der Waals surface area contributed by atoms with E-state index in [1.165, 1.54) is 0 Å². The number of carbonyl (C=O) groups is 1. The van der Waals surface area contributed by atoms with Gasteiger partial charge in [-0.05, 0) is 19.1 Å². The molecule has 0 aliphatic carbocycles. The van der Waals surface area contributed by atoms with Crippen LogP contribution in [0.4, 0.5) is 0 Å². The van der Waals surface area contributed by atoms with Crippen molar-refractivity contribution in [3.63, 3.8) is 0 Å². The molecule has 7 nitrogen and oxygen atoms in total. The lowest BCUT2D eigenvalue weighted by molar-refractivity contribution is -0.132. The SMILES string of the molecule is Cc1cc(CN2CCN(C(=O)Cc3noc4ccccc34)CC2)no1. The second kappa shape index (κ2) is 6.68. The Hall–Kier alpha value is -2.67. The van der Waals surface area contributed by atoms with Crippen LogP contribution >= 0.6 is 0 Å². The van der Waals surface area contributed by atoms with Gasteiger partial charge in [0, 0.05) is 44.2 Å². The van der Waals surface area contributed by atoms with Crippen LogP contribution in [0, 0.1) is 6.92 Å². The largest absolute Gasteiger partial charge is 0.361 e. The second-order valence-corrected chi connectivity index (χ2v) is 6.39. The zero-order valence-corrected chi connectivity index (χ0v) is 14.1. The highest BCUT2D eigenvalue weighted by atomic mass is 16.5. The van der Waals surface area contributed by atoms with Crippen molar-refractivity contribution < 1.29 is 13.8 Å². The van der Waals surface area contributed by atoms with E-state index in [9.17, 15) is 4.79 Å². The molecule has 1 fully saturated rings. The van der Waals surface area contributed by atoms with E-state index in [0.717, 1.165) is 42.1 Å². The Kier molecular flexibility index (Phi) is 4.23. The third-order valence-corrected chi connectivity index (χ3v) is 4.56. The predicted octanol–water partition coefficient (Wildman–Crippen LogP) is 2.01.